The van der Waals surface area contributed by atoms with Crippen molar-refractivity contribution in [1.82, 2.24) is 29.3 Å². The summed E-state index contributed by atoms with van der Waals surface area (Å²) in [5.41, 5.74) is 6.23. The van der Waals surface area contributed by atoms with E-state index in [4.69, 9.17) is 5.73 Å². The Hall–Kier alpha value is -2.84. The average molecular weight is 317 g/mol. The summed E-state index contributed by atoms with van der Waals surface area (Å²) in [5, 5.41) is 2.84. The van der Waals surface area contributed by atoms with Gasteiger partial charge in [0.1, 0.15) is 5.82 Å². The standard InChI is InChI=1S/C14H19N7O2/c1-19-5-3-16-12(19)13(22)18-9-10-8-17-11-2-4-20(14(15)23)6-7-21(10)11/h3,5,8H,2,4,6-7,9H2,1H3,(H2,15,23)(H,18,22). The fraction of sp³-hybridized carbons (Fsp3) is 0.429. The van der Waals surface area contributed by atoms with Crippen LogP contribution in [0.15, 0.2) is 18.6 Å². The number of urea groups is 1. The molecule has 1 aliphatic heterocycles. The monoisotopic (exact) mass is 317 g/mol. The van der Waals surface area contributed by atoms with Crippen LogP contribution >= 0.6 is 0 Å². The molecule has 0 saturated carbocycles. The third-order valence-electron chi connectivity index (χ3n) is 3.99. The lowest BCUT2D eigenvalue weighted by atomic mass is 10.4. The number of nitrogens with two attached hydrogens (primary N) is 1. The summed E-state index contributed by atoms with van der Waals surface area (Å²) >= 11 is 0. The van der Waals surface area contributed by atoms with Crippen molar-refractivity contribution in [1.29, 1.82) is 0 Å². The summed E-state index contributed by atoms with van der Waals surface area (Å²) in [6.07, 6.45) is 5.71. The van der Waals surface area contributed by atoms with E-state index in [9.17, 15) is 9.59 Å². The maximum absolute atomic E-state index is 12.1. The van der Waals surface area contributed by atoms with Crippen LogP contribution in [-0.2, 0) is 26.6 Å². The molecule has 3 amide bonds. The summed E-state index contributed by atoms with van der Waals surface area (Å²) in [7, 11) is 1.77. The van der Waals surface area contributed by atoms with Crippen molar-refractivity contribution in [3.05, 3.63) is 35.9 Å². The fourth-order valence-electron chi connectivity index (χ4n) is 2.69. The van der Waals surface area contributed by atoms with Gasteiger partial charge in [0, 0.05) is 45.5 Å². The van der Waals surface area contributed by atoms with Gasteiger partial charge in [-0.15, -0.1) is 0 Å². The molecule has 3 N–H and O–H groups in total. The number of amides is 3. The Bertz CT molecular complexity index is 733. The number of nitrogens with one attached hydrogen (secondary N) is 1. The van der Waals surface area contributed by atoms with E-state index in [-0.39, 0.29) is 5.91 Å². The number of fused-ring (bicyclic) bond motifs is 1. The molecule has 0 aliphatic carbocycles. The highest BCUT2D eigenvalue weighted by Gasteiger charge is 2.19. The van der Waals surface area contributed by atoms with E-state index in [1.807, 2.05) is 4.57 Å². The van der Waals surface area contributed by atoms with Crippen LogP contribution in [0.1, 0.15) is 22.1 Å². The minimum Gasteiger partial charge on any atom is -0.351 e. The molecule has 0 atom stereocenters. The molecule has 3 heterocycles. The van der Waals surface area contributed by atoms with Crippen LogP contribution in [0.4, 0.5) is 4.79 Å². The molecule has 9 nitrogen and oxygen atoms in total. The highest BCUT2D eigenvalue weighted by Crippen LogP contribution is 2.11. The molecule has 122 valence electrons. The van der Waals surface area contributed by atoms with Gasteiger partial charge in [-0.1, -0.05) is 0 Å². The first kappa shape index (κ1) is 15.1. The SMILES string of the molecule is Cn1ccnc1C(=O)NCc1cnc2n1CCN(C(N)=O)CC2. The first-order chi connectivity index (χ1) is 11.1. The van der Waals surface area contributed by atoms with Crippen molar-refractivity contribution in [3.8, 4) is 0 Å². The largest absolute Gasteiger partial charge is 0.351 e. The second-order valence-corrected chi connectivity index (χ2v) is 5.44. The van der Waals surface area contributed by atoms with Crippen LogP contribution in [0, 0.1) is 0 Å². The molecule has 0 bridgehead atoms. The summed E-state index contributed by atoms with van der Waals surface area (Å²) in [4.78, 5) is 33.4. The predicted octanol–water partition coefficient (Wildman–Crippen LogP) is -0.517. The van der Waals surface area contributed by atoms with Gasteiger partial charge in [-0.2, -0.15) is 0 Å². The number of aromatic nitrogens is 4. The Morgan fingerprint density at radius 2 is 2.13 bits per heavy atom. The summed E-state index contributed by atoms with van der Waals surface area (Å²) in [6.45, 7) is 2.07. The number of nitrogens with zero attached hydrogens (tertiary/aromatic N) is 5. The molecule has 0 fully saturated rings. The van der Waals surface area contributed by atoms with E-state index in [2.05, 4.69) is 15.3 Å². The van der Waals surface area contributed by atoms with Gasteiger partial charge in [-0.05, 0) is 0 Å². The fourth-order valence-corrected chi connectivity index (χ4v) is 2.69. The van der Waals surface area contributed by atoms with Crippen LogP contribution in [0.25, 0.3) is 0 Å². The third kappa shape index (κ3) is 3.03. The molecule has 3 rings (SSSR count). The molecule has 2 aromatic rings. The number of primary amides is 1. The normalized spacial score (nSPS) is 14.2. The molecule has 0 radical (unpaired) electrons. The smallest absolute Gasteiger partial charge is 0.314 e. The number of carbonyl (C=O) groups excluding carboxylic acids is 2. The molecule has 2 aromatic heterocycles. The average Bonchev–Trinajstić information content (AvgIpc) is 3.05. The zero-order valence-corrected chi connectivity index (χ0v) is 12.9. The molecule has 0 spiro atoms. The summed E-state index contributed by atoms with van der Waals surface area (Å²) in [6, 6.07) is -0.416. The number of aryl methyl sites for hydroxylation is 1. The van der Waals surface area contributed by atoms with Gasteiger partial charge < -0.3 is 25.1 Å². The van der Waals surface area contributed by atoms with E-state index in [1.165, 1.54) is 0 Å². The lowest BCUT2D eigenvalue weighted by Crippen LogP contribution is -2.37. The lowest BCUT2D eigenvalue weighted by Gasteiger charge is -2.17. The number of rotatable bonds is 3. The summed E-state index contributed by atoms with van der Waals surface area (Å²) < 4.78 is 3.69. The predicted molar refractivity (Wildman–Crippen MR) is 81.5 cm³/mol. The van der Waals surface area contributed by atoms with Crippen LogP contribution in [0.2, 0.25) is 0 Å². The van der Waals surface area contributed by atoms with E-state index in [1.54, 1.807) is 35.1 Å². The van der Waals surface area contributed by atoms with Crippen LogP contribution < -0.4 is 11.1 Å². The van der Waals surface area contributed by atoms with Gasteiger partial charge in [0.15, 0.2) is 5.82 Å². The van der Waals surface area contributed by atoms with E-state index < -0.39 is 6.03 Å². The van der Waals surface area contributed by atoms with Crippen LogP contribution in [0.3, 0.4) is 0 Å². The molecule has 1 aliphatic rings. The minimum absolute atomic E-state index is 0.236. The second kappa shape index (κ2) is 6.11. The van der Waals surface area contributed by atoms with E-state index in [0.29, 0.717) is 38.4 Å². The second-order valence-electron chi connectivity index (χ2n) is 5.44. The van der Waals surface area contributed by atoms with Crippen molar-refractivity contribution in [2.75, 3.05) is 13.1 Å². The van der Waals surface area contributed by atoms with Gasteiger partial charge in [0.2, 0.25) is 0 Å². The van der Waals surface area contributed by atoms with Gasteiger partial charge in [0.25, 0.3) is 5.91 Å². The Labute approximate surface area is 133 Å². The molecule has 0 unspecified atom stereocenters. The van der Waals surface area contributed by atoms with Gasteiger partial charge >= 0.3 is 6.03 Å². The molecular weight excluding hydrogens is 298 g/mol. The lowest BCUT2D eigenvalue weighted by molar-refractivity contribution is 0.0936. The Morgan fingerprint density at radius 3 is 2.83 bits per heavy atom. The Kier molecular flexibility index (Phi) is 4.00. The topological polar surface area (TPSA) is 111 Å². The number of hydrogen-bond donors (Lipinski definition) is 2. The number of hydrogen-bond acceptors (Lipinski definition) is 4. The molecule has 9 heteroatoms. The van der Waals surface area contributed by atoms with E-state index >= 15 is 0 Å². The van der Waals surface area contributed by atoms with E-state index in [0.717, 1.165) is 11.5 Å². The zero-order chi connectivity index (χ0) is 16.4. The van der Waals surface area contributed by atoms with Crippen molar-refractivity contribution in [3.63, 3.8) is 0 Å². The molecule has 23 heavy (non-hydrogen) atoms. The van der Waals surface area contributed by atoms with Gasteiger partial charge in [-0.25, -0.2) is 14.8 Å². The molecular formula is C14H19N7O2. The minimum atomic E-state index is -0.416. The third-order valence-corrected chi connectivity index (χ3v) is 3.99. The van der Waals surface area contributed by atoms with Crippen molar-refractivity contribution >= 4 is 11.9 Å². The van der Waals surface area contributed by atoms with Gasteiger partial charge in [0.05, 0.1) is 18.4 Å². The number of carbonyl (C=O) groups is 2. The highest BCUT2D eigenvalue weighted by molar-refractivity contribution is 5.90. The first-order valence-electron chi connectivity index (χ1n) is 7.39. The highest BCUT2D eigenvalue weighted by atomic mass is 16.2. The van der Waals surface area contributed by atoms with Crippen molar-refractivity contribution in [2.24, 2.45) is 12.8 Å². The molecule has 0 saturated heterocycles. The Balaban J connectivity index is 1.67. The zero-order valence-electron chi connectivity index (χ0n) is 12.9. The summed E-state index contributed by atoms with van der Waals surface area (Å²) in [5.74, 6) is 1.02. The Morgan fingerprint density at radius 1 is 1.30 bits per heavy atom. The van der Waals surface area contributed by atoms with Gasteiger partial charge in [-0.3, -0.25) is 4.79 Å². The number of imidazole rings is 2. The van der Waals surface area contributed by atoms with Crippen molar-refractivity contribution in [2.45, 2.75) is 19.5 Å². The maximum Gasteiger partial charge on any atom is 0.314 e. The maximum atomic E-state index is 12.1. The van der Waals surface area contributed by atoms with Crippen molar-refractivity contribution < 1.29 is 9.59 Å². The van der Waals surface area contributed by atoms with Crippen LogP contribution in [0.5, 0.6) is 0 Å². The first-order valence-corrected chi connectivity index (χ1v) is 7.39. The van der Waals surface area contributed by atoms with Crippen LogP contribution in [-0.4, -0.2) is 49.0 Å². The molecule has 0 aromatic carbocycles. The quantitative estimate of drug-likeness (QED) is 0.793.